The minimum absolute atomic E-state index is 0.0473. The van der Waals surface area contributed by atoms with Crippen LogP contribution in [0.15, 0.2) is 97.6 Å². The molecule has 0 unspecified atom stereocenters. The second kappa shape index (κ2) is 27.3. The SMILES string of the molecule is O=C(O)CCN1CCN(CC(=O)NCCN(Cc2ccccn2)Cc2ccccn2)CCN(CC(=O)O)CCN(CC(=O)NCCN(Cc2ccccn2)Cc2ccccn2)CC1. The molecule has 1 fully saturated rings. The molecule has 0 saturated carbocycles. The van der Waals surface area contributed by atoms with Gasteiger partial charge in [-0.05, 0) is 48.5 Å². The van der Waals surface area contributed by atoms with Crippen LogP contribution in [0.2, 0.25) is 0 Å². The van der Waals surface area contributed by atoms with Crippen molar-refractivity contribution >= 4 is 23.8 Å². The van der Waals surface area contributed by atoms with Crippen molar-refractivity contribution in [3.8, 4) is 0 Å². The molecular weight excluding hydrogens is 805 g/mol. The van der Waals surface area contributed by atoms with E-state index in [-0.39, 0.29) is 37.9 Å². The zero-order valence-electron chi connectivity index (χ0n) is 36.1. The fourth-order valence-corrected chi connectivity index (χ4v) is 7.26. The number of nitrogens with zero attached hydrogens (tertiary/aromatic N) is 10. The summed E-state index contributed by atoms with van der Waals surface area (Å²) in [6, 6.07) is 23.2. The van der Waals surface area contributed by atoms with Gasteiger partial charge < -0.3 is 25.7 Å². The molecule has 18 heteroatoms. The summed E-state index contributed by atoms with van der Waals surface area (Å²) < 4.78 is 0. The van der Waals surface area contributed by atoms with Crippen LogP contribution in [-0.4, -0.2) is 188 Å². The van der Waals surface area contributed by atoms with Gasteiger partial charge in [0, 0.05) is 136 Å². The first kappa shape index (κ1) is 48.3. The summed E-state index contributed by atoms with van der Waals surface area (Å²) in [6.07, 6.45) is 7.00. The molecule has 0 aliphatic carbocycles. The summed E-state index contributed by atoms with van der Waals surface area (Å²) in [5.41, 5.74) is 3.65. The third kappa shape index (κ3) is 19.9. The van der Waals surface area contributed by atoms with Crippen LogP contribution in [0.3, 0.4) is 0 Å². The van der Waals surface area contributed by atoms with Gasteiger partial charge in [-0.15, -0.1) is 0 Å². The Morgan fingerprint density at radius 3 is 1.11 bits per heavy atom. The lowest BCUT2D eigenvalue weighted by molar-refractivity contribution is -0.139. The first-order valence-corrected chi connectivity index (χ1v) is 21.6. The number of aliphatic carboxylic acids is 2. The Bertz CT molecular complexity index is 1730. The maximum Gasteiger partial charge on any atom is 0.317 e. The Kier molecular flexibility index (Phi) is 20.9. The van der Waals surface area contributed by atoms with Gasteiger partial charge in [-0.1, -0.05) is 24.3 Å². The molecule has 0 aromatic carbocycles. The van der Waals surface area contributed by atoms with Crippen LogP contribution in [-0.2, 0) is 45.4 Å². The number of hydrogen-bond acceptors (Lipinski definition) is 14. The molecule has 4 aromatic heterocycles. The van der Waals surface area contributed by atoms with Gasteiger partial charge in [-0.25, -0.2) is 0 Å². The maximum absolute atomic E-state index is 13.4. The highest BCUT2D eigenvalue weighted by molar-refractivity contribution is 5.78. The molecule has 1 aliphatic rings. The van der Waals surface area contributed by atoms with E-state index in [2.05, 4.69) is 45.3 Å². The molecule has 63 heavy (non-hydrogen) atoms. The van der Waals surface area contributed by atoms with Crippen molar-refractivity contribution < 1.29 is 29.4 Å². The van der Waals surface area contributed by atoms with Gasteiger partial charge in [0.05, 0.1) is 48.8 Å². The lowest BCUT2D eigenvalue weighted by Gasteiger charge is -2.33. The van der Waals surface area contributed by atoms with E-state index in [4.69, 9.17) is 0 Å². The Hall–Kier alpha value is -5.76. The number of amides is 2. The van der Waals surface area contributed by atoms with E-state index in [1.165, 1.54) is 0 Å². The molecule has 4 aromatic rings. The molecule has 0 atom stereocenters. The number of pyridine rings is 4. The van der Waals surface area contributed by atoms with Crippen LogP contribution in [0.25, 0.3) is 0 Å². The first-order valence-electron chi connectivity index (χ1n) is 21.6. The van der Waals surface area contributed by atoms with Gasteiger partial charge >= 0.3 is 11.9 Å². The van der Waals surface area contributed by atoms with Gasteiger partial charge in [0.1, 0.15) is 0 Å². The average Bonchev–Trinajstić information content (AvgIpc) is 3.27. The van der Waals surface area contributed by atoms with Gasteiger partial charge in [0.15, 0.2) is 0 Å². The van der Waals surface area contributed by atoms with Crippen molar-refractivity contribution in [1.29, 1.82) is 0 Å². The average molecular weight is 867 g/mol. The van der Waals surface area contributed by atoms with Crippen molar-refractivity contribution in [3.05, 3.63) is 120 Å². The van der Waals surface area contributed by atoms with Gasteiger partial charge in [-0.2, -0.15) is 0 Å². The molecule has 5 heterocycles. The second-order valence-corrected chi connectivity index (χ2v) is 15.6. The zero-order chi connectivity index (χ0) is 44.5. The number of nitrogens with one attached hydrogen (secondary N) is 2. The number of carbonyl (C=O) groups is 4. The highest BCUT2D eigenvalue weighted by Gasteiger charge is 2.21. The van der Waals surface area contributed by atoms with Crippen molar-refractivity contribution in [2.75, 3.05) is 105 Å². The quantitative estimate of drug-likeness (QED) is 0.0821. The molecule has 0 radical (unpaired) electrons. The van der Waals surface area contributed by atoms with Gasteiger partial charge in [0.25, 0.3) is 0 Å². The summed E-state index contributed by atoms with van der Waals surface area (Å²) in [4.78, 5) is 80.6. The van der Waals surface area contributed by atoms with Crippen LogP contribution in [0.5, 0.6) is 0 Å². The van der Waals surface area contributed by atoms with Crippen LogP contribution in [0.1, 0.15) is 29.2 Å². The van der Waals surface area contributed by atoms with Gasteiger partial charge in [0.2, 0.25) is 11.8 Å². The van der Waals surface area contributed by atoms with E-state index in [9.17, 15) is 29.4 Å². The summed E-state index contributed by atoms with van der Waals surface area (Å²) in [7, 11) is 0. The molecule has 2 amide bonds. The van der Waals surface area contributed by atoms with E-state index < -0.39 is 11.9 Å². The third-order valence-electron chi connectivity index (χ3n) is 10.6. The van der Waals surface area contributed by atoms with Crippen LogP contribution in [0.4, 0.5) is 0 Å². The fraction of sp³-hybridized carbons (Fsp3) is 0.467. The molecule has 1 aliphatic heterocycles. The smallest absolute Gasteiger partial charge is 0.317 e. The van der Waals surface area contributed by atoms with Crippen molar-refractivity contribution in [2.24, 2.45) is 0 Å². The van der Waals surface area contributed by atoms with E-state index in [1.807, 2.05) is 87.5 Å². The first-order chi connectivity index (χ1) is 30.7. The summed E-state index contributed by atoms with van der Waals surface area (Å²) in [5, 5.41) is 25.5. The summed E-state index contributed by atoms with van der Waals surface area (Å²) >= 11 is 0. The Morgan fingerprint density at radius 2 is 0.810 bits per heavy atom. The molecule has 338 valence electrons. The summed E-state index contributed by atoms with van der Waals surface area (Å²) in [5.74, 6) is -2.18. The topological polar surface area (TPSA) is 204 Å². The lowest BCUT2D eigenvalue weighted by atomic mass is 10.2. The molecule has 18 nitrogen and oxygen atoms in total. The monoisotopic (exact) mass is 866 g/mol. The van der Waals surface area contributed by atoms with Crippen molar-refractivity contribution in [1.82, 2.24) is 60.0 Å². The Balaban J connectivity index is 1.16. The lowest BCUT2D eigenvalue weighted by Crippen LogP contribution is -2.50. The predicted octanol–water partition coefficient (Wildman–Crippen LogP) is 0.985. The molecule has 5 rings (SSSR count). The van der Waals surface area contributed by atoms with Crippen LogP contribution in [0, 0.1) is 0 Å². The molecule has 0 spiro atoms. The molecular formula is C45H62N12O6. The maximum atomic E-state index is 13.4. The minimum Gasteiger partial charge on any atom is -0.481 e. The number of carboxylic acids is 2. The van der Waals surface area contributed by atoms with Crippen molar-refractivity contribution in [2.45, 2.75) is 32.6 Å². The van der Waals surface area contributed by atoms with E-state index in [1.54, 1.807) is 24.8 Å². The summed E-state index contributed by atoms with van der Waals surface area (Å²) in [6.45, 7) is 8.16. The third-order valence-corrected chi connectivity index (χ3v) is 10.6. The zero-order valence-corrected chi connectivity index (χ0v) is 36.1. The van der Waals surface area contributed by atoms with Crippen LogP contribution >= 0.6 is 0 Å². The van der Waals surface area contributed by atoms with Crippen LogP contribution < -0.4 is 10.6 Å². The minimum atomic E-state index is -0.961. The number of aromatic nitrogens is 4. The molecule has 0 bridgehead atoms. The van der Waals surface area contributed by atoms with Crippen molar-refractivity contribution in [3.63, 3.8) is 0 Å². The van der Waals surface area contributed by atoms with E-state index in [0.717, 1.165) is 22.8 Å². The molecule has 1 saturated heterocycles. The highest BCUT2D eigenvalue weighted by atomic mass is 16.4. The number of carbonyl (C=O) groups excluding carboxylic acids is 2. The van der Waals surface area contributed by atoms with Gasteiger partial charge in [-0.3, -0.25) is 63.6 Å². The normalized spacial score (nSPS) is 15.1. The predicted molar refractivity (Wildman–Crippen MR) is 237 cm³/mol. The highest BCUT2D eigenvalue weighted by Crippen LogP contribution is 2.09. The number of hydrogen-bond donors (Lipinski definition) is 4. The fourth-order valence-electron chi connectivity index (χ4n) is 7.26. The standard InChI is InChI=1S/C45H62N12O6/c58-42(50-18-21-56(31-38-9-1-5-14-46-38)32-39-10-2-6-15-47-39)35-53-25-23-52(20-13-44(60)61)24-26-54(28-30-55(29-27-53)37-45(62)63)36-43(59)51-19-22-57(33-40-11-3-7-16-48-40)34-41-12-4-8-17-49-41/h1-12,14-17H,13,18-37H2,(H,50,58)(H,51,59)(H,60,61)(H,62,63). The Morgan fingerprint density at radius 1 is 0.476 bits per heavy atom. The Labute approximate surface area is 369 Å². The molecule has 4 N–H and O–H groups in total. The largest absolute Gasteiger partial charge is 0.481 e. The number of carboxylic acid groups (broad SMARTS) is 2. The number of rotatable bonds is 23. The van der Waals surface area contributed by atoms with E-state index >= 15 is 0 Å². The van der Waals surface area contributed by atoms with E-state index in [0.29, 0.717) is 111 Å². The second-order valence-electron chi connectivity index (χ2n) is 15.6.